The minimum absolute atomic E-state index is 0.0372. The number of rotatable bonds is 3. The van der Waals surface area contributed by atoms with E-state index in [1.807, 2.05) is 0 Å². The van der Waals surface area contributed by atoms with Crippen LogP contribution in [0.2, 0.25) is 0 Å². The van der Waals surface area contributed by atoms with Crippen LogP contribution in [-0.2, 0) is 4.74 Å². The molecule has 11 heteroatoms. The number of hydrogen-bond acceptors (Lipinski definition) is 4. The molecule has 0 spiro atoms. The SMILES string of the molecule is COC1=C(Cl)C(=S)C(n2c(C(Cl)Cl)nn(F)c2=O)C=C1Cl. The van der Waals surface area contributed by atoms with Gasteiger partial charge in [-0.1, -0.05) is 63.1 Å². The van der Waals surface area contributed by atoms with Gasteiger partial charge in [-0.05, 0) is 11.0 Å². The van der Waals surface area contributed by atoms with E-state index in [-0.39, 0.29) is 31.4 Å². The smallest absolute Gasteiger partial charge is 0.376 e. The first-order valence-corrected chi connectivity index (χ1v) is 7.34. The normalized spacial score (nSPS) is 19.3. The van der Waals surface area contributed by atoms with Crippen molar-refractivity contribution in [1.29, 1.82) is 0 Å². The van der Waals surface area contributed by atoms with Gasteiger partial charge in [0.2, 0.25) is 0 Å². The Bertz CT molecular complexity index is 724. The maximum Gasteiger partial charge on any atom is 0.376 e. The zero-order chi connectivity index (χ0) is 15.9. The van der Waals surface area contributed by atoms with E-state index < -0.39 is 16.6 Å². The molecule has 1 atom stereocenters. The third kappa shape index (κ3) is 2.85. The number of thiocarbonyl (C=S) groups is 1. The third-order valence-electron chi connectivity index (χ3n) is 2.68. The Balaban J connectivity index is 2.63. The highest BCUT2D eigenvalue weighted by atomic mass is 35.5. The number of aromatic nitrogens is 3. The van der Waals surface area contributed by atoms with E-state index in [1.165, 1.54) is 13.2 Å². The Morgan fingerprint density at radius 2 is 2.10 bits per heavy atom. The summed E-state index contributed by atoms with van der Waals surface area (Å²) in [7, 11) is 1.36. The van der Waals surface area contributed by atoms with Crippen molar-refractivity contribution in [2.45, 2.75) is 10.9 Å². The first kappa shape index (κ1) is 16.8. The fraction of sp³-hybridized carbons (Fsp3) is 0.300. The molecule has 0 N–H and O–H groups in total. The van der Waals surface area contributed by atoms with E-state index >= 15 is 0 Å². The summed E-state index contributed by atoms with van der Waals surface area (Å²) in [5.74, 6) is -0.0562. The molecule has 0 bridgehead atoms. The molecule has 0 saturated heterocycles. The lowest BCUT2D eigenvalue weighted by molar-refractivity contribution is 0.296. The molecule has 0 fully saturated rings. The number of allylic oxidation sites excluding steroid dienone is 3. The van der Waals surface area contributed by atoms with Gasteiger partial charge in [0.05, 0.1) is 23.0 Å². The number of alkyl halides is 2. The van der Waals surface area contributed by atoms with Crippen molar-refractivity contribution >= 4 is 63.5 Å². The van der Waals surface area contributed by atoms with Crippen molar-refractivity contribution in [3.63, 3.8) is 0 Å². The Hall–Kier alpha value is -0.600. The van der Waals surface area contributed by atoms with Gasteiger partial charge in [0.15, 0.2) is 16.4 Å². The number of hydrogen-bond donors (Lipinski definition) is 0. The zero-order valence-corrected chi connectivity index (χ0v) is 14.0. The molecule has 0 aromatic carbocycles. The fourth-order valence-electron chi connectivity index (χ4n) is 1.79. The zero-order valence-electron chi connectivity index (χ0n) is 10.2. The molecule has 114 valence electrons. The van der Waals surface area contributed by atoms with Crippen molar-refractivity contribution in [1.82, 2.24) is 14.6 Å². The van der Waals surface area contributed by atoms with Crippen molar-refractivity contribution in [2.24, 2.45) is 0 Å². The maximum absolute atomic E-state index is 13.4. The molecular weight excluding hydrogens is 387 g/mol. The van der Waals surface area contributed by atoms with Gasteiger partial charge in [0.1, 0.15) is 5.03 Å². The fourth-order valence-corrected chi connectivity index (χ4v) is 2.99. The Morgan fingerprint density at radius 1 is 1.48 bits per heavy atom. The highest BCUT2D eigenvalue weighted by molar-refractivity contribution is 7.81. The van der Waals surface area contributed by atoms with Gasteiger partial charge in [0.25, 0.3) is 0 Å². The summed E-state index contributed by atoms with van der Waals surface area (Å²) in [6.07, 6.45) is 1.37. The molecule has 0 saturated carbocycles. The molecule has 1 unspecified atom stereocenters. The van der Waals surface area contributed by atoms with E-state index in [0.29, 0.717) is 0 Å². The highest BCUT2D eigenvalue weighted by Gasteiger charge is 2.32. The van der Waals surface area contributed by atoms with Crippen molar-refractivity contribution in [3.8, 4) is 0 Å². The molecule has 0 amide bonds. The topological polar surface area (TPSA) is 49.0 Å². The van der Waals surface area contributed by atoms with Gasteiger partial charge in [-0.15, -0.1) is 5.10 Å². The van der Waals surface area contributed by atoms with Crippen molar-refractivity contribution in [3.05, 3.63) is 38.2 Å². The lowest BCUT2D eigenvalue weighted by Crippen LogP contribution is -2.31. The predicted molar refractivity (Wildman–Crippen MR) is 82.9 cm³/mol. The molecule has 1 aromatic rings. The van der Waals surface area contributed by atoms with E-state index in [2.05, 4.69) is 5.10 Å². The van der Waals surface area contributed by atoms with Crippen LogP contribution in [-0.4, -0.2) is 26.5 Å². The molecule has 0 radical (unpaired) electrons. The Morgan fingerprint density at radius 3 is 2.62 bits per heavy atom. The standard InChI is InChI=1S/C10H6Cl4FN3O2S/c1-20-6-3(11)2-4(7(21)5(6)12)17-9(8(13)14)16-18(15)10(17)19/h2,4,8H,1H3. The second-order valence-electron chi connectivity index (χ2n) is 3.84. The van der Waals surface area contributed by atoms with Gasteiger partial charge in [-0.2, -0.15) is 0 Å². The van der Waals surface area contributed by atoms with Gasteiger partial charge in [-0.25, -0.2) is 4.79 Å². The monoisotopic (exact) mass is 391 g/mol. The predicted octanol–water partition coefficient (Wildman–Crippen LogP) is 3.40. The molecule has 21 heavy (non-hydrogen) atoms. The van der Waals surface area contributed by atoms with Crippen LogP contribution in [0.4, 0.5) is 4.48 Å². The van der Waals surface area contributed by atoms with Crippen LogP contribution >= 0.6 is 58.6 Å². The molecule has 5 nitrogen and oxygen atoms in total. The summed E-state index contributed by atoms with van der Waals surface area (Å²) in [6.45, 7) is 0. The van der Waals surface area contributed by atoms with E-state index in [1.54, 1.807) is 0 Å². The highest BCUT2D eigenvalue weighted by Crippen LogP contribution is 2.36. The summed E-state index contributed by atoms with van der Waals surface area (Å²) in [5.41, 5.74) is -1.10. The van der Waals surface area contributed by atoms with Crippen LogP contribution < -0.4 is 5.69 Å². The van der Waals surface area contributed by atoms with Crippen LogP contribution in [0.5, 0.6) is 0 Å². The van der Waals surface area contributed by atoms with E-state index in [4.69, 9.17) is 63.4 Å². The van der Waals surface area contributed by atoms with Crippen LogP contribution in [0.3, 0.4) is 0 Å². The number of ether oxygens (including phenoxy) is 1. The quantitative estimate of drug-likeness (QED) is 0.584. The molecule has 0 aliphatic heterocycles. The van der Waals surface area contributed by atoms with Crippen LogP contribution in [0.1, 0.15) is 16.7 Å². The molecule has 1 aliphatic rings. The molecule has 2 rings (SSSR count). The average molecular weight is 393 g/mol. The summed E-state index contributed by atoms with van der Waals surface area (Å²) >= 11 is 28.6. The summed E-state index contributed by atoms with van der Waals surface area (Å²) in [4.78, 5) is 10.3. The molecule has 1 aliphatic carbocycles. The van der Waals surface area contributed by atoms with Crippen molar-refractivity contribution < 1.29 is 9.22 Å². The van der Waals surface area contributed by atoms with E-state index in [0.717, 1.165) is 4.57 Å². The van der Waals surface area contributed by atoms with Gasteiger partial charge in [-0.3, -0.25) is 4.57 Å². The second-order valence-corrected chi connectivity index (χ2v) is 6.16. The van der Waals surface area contributed by atoms with Gasteiger partial charge in [0, 0.05) is 0 Å². The van der Waals surface area contributed by atoms with Crippen molar-refractivity contribution in [2.75, 3.05) is 7.11 Å². The first-order valence-electron chi connectivity index (χ1n) is 5.31. The number of methoxy groups -OCH3 is 1. The number of nitrogens with zero attached hydrogens (tertiary/aromatic N) is 3. The lowest BCUT2D eigenvalue weighted by Gasteiger charge is -2.23. The van der Waals surface area contributed by atoms with Crippen LogP contribution in [0.15, 0.2) is 26.7 Å². The largest absolute Gasteiger partial charge is 0.494 e. The van der Waals surface area contributed by atoms with Gasteiger partial charge >= 0.3 is 5.69 Å². The maximum atomic E-state index is 13.4. The second kappa shape index (κ2) is 6.26. The van der Waals surface area contributed by atoms with Crippen LogP contribution in [0, 0.1) is 0 Å². The molecule has 1 heterocycles. The Labute approximate surface area is 143 Å². The summed E-state index contributed by atoms with van der Waals surface area (Å²) in [5, 5.41) is 3.48. The number of halogens is 5. The van der Waals surface area contributed by atoms with Crippen LogP contribution in [0.25, 0.3) is 0 Å². The summed E-state index contributed by atoms with van der Waals surface area (Å²) in [6, 6.07) is -0.953. The average Bonchev–Trinajstić information content (AvgIpc) is 2.71. The minimum Gasteiger partial charge on any atom is -0.494 e. The Kier molecular flexibility index (Phi) is 4.99. The third-order valence-corrected chi connectivity index (χ3v) is 4.30. The first-order chi connectivity index (χ1) is 9.79. The minimum atomic E-state index is -1.24. The van der Waals surface area contributed by atoms with E-state index in [9.17, 15) is 9.28 Å². The lowest BCUT2D eigenvalue weighted by atomic mass is 10.1. The van der Waals surface area contributed by atoms with Gasteiger partial charge < -0.3 is 4.74 Å². The molecular formula is C10H6Cl4FN3O2S. The summed E-state index contributed by atoms with van der Waals surface area (Å²) < 4.78 is 19.3. The molecule has 1 aromatic heterocycles.